The van der Waals surface area contributed by atoms with E-state index in [4.69, 9.17) is 9.53 Å². The van der Waals surface area contributed by atoms with E-state index in [1.54, 1.807) is 0 Å². The molecule has 0 amide bonds. The second-order valence-electron chi connectivity index (χ2n) is 5.54. The van der Waals surface area contributed by atoms with Gasteiger partial charge in [0.15, 0.2) is 8.32 Å². The highest BCUT2D eigenvalue weighted by atomic mass is 28.4. The zero-order valence-corrected chi connectivity index (χ0v) is 11.8. The van der Waals surface area contributed by atoms with Gasteiger partial charge in [0.2, 0.25) is 0 Å². The molecule has 0 aromatic rings. The van der Waals surface area contributed by atoms with Gasteiger partial charge in [-0.3, -0.25) is 0 Å². The summed E-state index contributed by atoms with van der Waals surface area (Å²) in [6.45, 7) is 15.1. The minimum Gasteiger partial charge on any atom is -0.414 e. The highest BCUT2D eigenvalue weighted by molar-refractivity contribution is 6.74. The molecule has 0 aromatic carbocycles. The van der Waals surface area contributed by atoms with Crippen LogP contribution in [-0.4, -0.2) is 26.1 Å². The third kappa shape index (κ3) is 4.95. The second kappa shape index (κ2) is 5.82. The molecule has 2 nitrogen and oxygen atoms in total. The topological polar surface area (TPSA) is 29.5 Å². The first-order valence-electron chi connectivity index (χ1n) is 5.64. The molecule has 0 unspecified atom stereocenters. The molecule has 0 radical (unpaired) electrons. The molecule has 0 heterocycles. The molecule has 90 valence electrons. The van der Waals surface area contributed by atoms with Crippen molar-refractivity contribution >= 4 is 8.32 Å². The summed E-state index contributed by atoms with van der Waals surface area (Å²) in [5, 5.41) is 9.19. The molecule has 0 bridgehead atoms. The normalized spacial score (nSPS) is 15.1. The summed E-state index contributed by atoms with van der Waals surface area (Å²) < 4.78 is 6.19. The fourth-order valence-electron chi connectivity index (χ4n) is 1.15. The van der Waals surface area contributed by atoms with Crippen molar-refractivity contribution in [1.29, 1.82) is 0 Å². The first kappa shape index (κ1) is 14.9. The third-order valence-electron chi connectivity index (χ3n) is 3.15. The Labute approximate surface area is 95.5 Å². The number of rotatable bonds is 6. The summed E-state index contributed by atoms with van der Waals surface area (Å²) >= 11 is 0. The Balaban J connectivity index is 4.43. The van der Waals surface area contributed by atoms with E-state index < -0.39 is 8.32 Å². The highest BCUT2D eigenvalue weighted by Gasteiger charge is 2.38. The summed E-state index contributed by atoms with van der Waals surface area (Å²) in [7, 11) is -1.70. The van der Waals surface area contributed by atoms with Gasteiger partial charge in [0, 0.05) is 6.61 Å². The summed E-state index contributed by atoms with van der Waals surface area (Å²) in [6.07, 6.45) is 3.53. The number of hydrogen-bond donors (Lipinski definition) is 1. The molecule has 0 aliphatic heterocycles. The van der Waals surface area contributed by atoms with Gasteiger partial charge < -0.3 is 9.53 Å². The average Bonchev–Trinajstić information content (AvgIpc) is 2.02. The molecule has 0 saturated heterocycles. The Bertz CT molecular complexity index is 194. The molecule has 15 heavy (non-hydrogen) atoms. The molecule has 0 aliphatic carbocycles. The molecule has 3 heteroatoms. The number of aliphatic hydroxyl groups excluding tert-OH is 1. The van der Waals surface area contributed by atoms with E-state index in [0.717, 1.165) is 6.42 Å². The molecule has 0 rings (SSSR count). The summed E-state index contributed by atoms with van der Waals surface area (Å²) in [5.74, 6) is 0. The smallest absolute Gasteiger partial charge is 0.192 e. The minimum atomic E-state index is -1.70. The van der Waals surface area contributed by atoms with Crippen molar-refractivity contribution in [2.24, 2.45) is 0 Å². The lowest BCUT2D eigenvalue weighted by atomic mass is 10.2. The van der Waals surface area contributed by atoms with Crippen molar-refractivity contribution < 1.29 is 9.53 Å². The zero-order chi connectivity index (χ0) is 12.1. The Morgan fingerprint density at radius 3 is 2.27 bits per heavy atom. The van der Waals surface area contributed by atoms with Crippen LogP contribution in [0, 0.1) is 0 Å². The van der Waals surface area contributed by atoms with Gasteiger partial charge in [-0.05, 0) is 31.0 Å². The molecular weight excluding hydrogens is 204 g/mol. The van der Waals surface area contributed by atoms with Crippen LogP contribution >= 0.6 is 0 Å². The standard InChI is InChI=1S/C12H26O2Si/c1-7-8-11(9-10-13)14-15(5,6)12(2,3)4/h7,11,13H,1,8-10H2,2-6H3/t11-/m1/s1. The molecule has 0 spiro atoms. The molecule has 0 saturated carbocycles. The van der Waals surface area contributed by atoms with Crippen molar-refractivity contribution in [3.8, 4) is 0 Å². The van der Waals surface area contributed by atoms with E-state index in [-0.39, 0.29) is 17.7 Å². The lowest BCUT2D eigenvalue weighted by Gasteiger charge is -2.39. The monoisotopic (exact) mass is 230 g/mol. The minimum absolute atomic E-state index is 0.133. The second-order valence-corrected chi connectivity index (χ2v) is 10.3. The van der Waals surface area contributed by atoms with Crippen LogP contribution in [-0.2, 0) is 4.43 Å². The molecule has 1 atom stereocenters. The molecule has 1 N–H and O–H groups in total. The first-order valence-corrected chi connectivity index (χ1v) is 8.55. The predicted molar refractivity (Wildman–Crippen MR) is 68.6 cm³/mol. The summed E-state index contributed by atoms with van der Waals surface area (Å²) in [4.78, 5) is 0. The maximum absolute atomic E-state index is 8.96. The Kier molecular flexibility index (Phi) is 5.78. The van der Waals surface area contributed by atoms with Gasteiger partial charge in [0.05, 0.1) is 6.10 Å². The van der Waals surface area contributed by atoms with Crippen LogP contribution in [0.3, 0.4) is 0 Å². The Morgan fingerprint density at radius 2 is 1.93 bits per heavy atom. The van der Waals surface area contributed by atoms with Gasteiger partial charge >= 0.3 is 0 Å². The Morgan fingerprint density at radius 1 is 1.40 bits per heavy atom. The van der Waals surface area contributed by atoms with Crippen LogP contribution in [0.1, 0.15) is 33.6 Å². The van der Waals surface area contributed by atoms with Gasteiger partial charge in [0.1, 0.15) is 0 Å². The van der Waals surface area contributed by atoms with Gasteiger partial charge in [-0.2, -0.15) is 0 Å². The SMILES string of the molecule is C=CC[C@H](CCO)O[Si](C)(C)C(C)(C)C. The van der Waals surface area contributed by atoms with Gasteiger partial charge in [-0.25, -0.2) is 0 Å². The Hall–Kier alpha value is -0.123. The van der Waals surface area contributed by atoms with Crippen LogP contribution < -0.4 is 0 Å². The van der Waals surface area contributed by atoms with Crippen molar-refractivity contribution in [1.82, 2.24) is 0 Å². The van der Waals surface area contributed by atoms with Gasteiger partial charge in [0.25, 0.3) is 0 Å². The lowest BCUT2D eigenvalue weighted by molar-refractivity contribution is 0.142. The maximum Gasteiger partial charge on any atom is 0.192 e. The average molecular weight is 230 g/mol. The van der Waals surface area contributed by atoms with Crippen molar-refractivity contribution in [3.05, 3.63) is 12.7 Å². The van der Waals surface area contributed by atoms with Crippen molar-refractivity contribution in [3.63, 3.8) is 0 Å². The van der Waals surface area contributed by atoms with E-state index in [0.29, 0.717) is 6.42 Å². The van der Waals surface area contributed by atoms with E-state index in [1.165, 1.54) is 0 Å². The van der Waals surface area contributed by atoms with Crippen LogP contribution in [0.15, 0.2) is 12.7 Å². The van der Waals surface area contributed by atoms with Crippen molar-refractivity contribution in [2.45, 2.75) is 57.8 Å². The molecule has 0 aliphatic rings. The fourth-order valence-corrected chi connectivity index (χ4v) is 2.55. The van der Waals surface area contributed by atoms with E-state index in [9.17, 15) is 0 Å². The third-order valence-corrected chi connectivity index (χ3v) is 7.68. The maximum atomic E-state index is 8.96. The van der Waals surface area contributed by atoms with E-state index in [2.05, 4.69) is 40.4 Å². The van der Waals surface area contributed by atoms with Gasteiger partial charge in [-0.1, -0.05) is 26.8 Å². The largest absolute Gasteiger partial charge is 0.414 e. The van der Waals surface area contributed by atoms with Crippen LogP contribution in [0.4, 0.5) is 0 Å². The number of aliphatic hydroxyl groups is 1. The quantitative estimate of drug-likeness (QED) is 0.560. The predicted octanol–water partition coefficient (Wildman–Crippen LogP) is 3.34. The van der Waals surface area contributed by atoms with Crippen LogP contribution in [0.25, 0.3) is 0 Å². The van der Waals surface area contributed by atoms with Crippen molar-refractivity contribution in [2.75, 3.05) is 6.61 Å². The lowest BCUT2D eigenvalue weighted by Crippen LogP contribution is -2.44. The zero-order valence-electron chi connectivity index (χ0n) is 10.8. The first-order chi connectivity index (χ1) is 6.74. The highest BCUT2D eigenvalue weighted by Crippen LogP contribution is 2.37. The summed E-state index contributed by atoms with van der Waals surface area (Å²) in [6, 6.07) is 0. The van der Waals surface area contributed by atoms with Gasteiger partial charge in [-0.15, -0.1) is 6.58 Å². The van der Waals surface area contributed by atoms with Crippen LogP contribution in [0.5, 0.6) is 0 Å². The molecule has 0 aromatic heterocycles. The van der Waals surface area contributed by atoms with E-state index in [1.807, 2.05) is 6.08 Å². The molecule has 0 fully saturated rings. The van der Waals surface area contributed by atoms with Crippen LogP contribution in [0.2, 0.25) is 18.1 Å². The molecular formula is C12H26O2Si. The summed E-state index contributed by atoms with van der Waals surface area (Å²) in [5.41, 5.74) is 0. The van der Waals surface area contributed by atoms with E-state index >= 15 is 0 Å². The fraction of sp³-hybridized carbons (Fsp3) is 0.833. The number of hydrogen-bond acceptors (Lipinski definition) is 2.